The molecular formula is C15H17NO7. The van der Waals surface area contributed by atoms with Gasteiger partial charge in [-0.3, -0.25) is 4.79 Å². The second-order valence-corrected chi connectivity index (χ2v) is 5.15. The first-order valence-electron chi connectivity index (χ1n) is 6.87. The van der Waals surface area contributed by atoms with Crippen molar-refractivity contribution in [2.75, 3.05) is 13.2 Å². The molecule has 23 heavy (non-hydrogen) atoms. The third-order valence-corrected chi connectivity index (χ3v) is 3.43. The third kappa shape index (κ3) is 3.61. The van der Waals surface area contributed by atoms with Gasteiger partial charge in [0.2, 0.25) is 5.91 Å². The van der Waals surface area contributed by atoms with Gasteiger partial charge in [-0.1, -0.05) is 0 Å². The van der Waals surface area contributed by atoms with Crippen molar-refractivity contribution in [1.82, 2.24) is 5.32 Å². The number of phenolic OH excluding ortho intramolecular Hbond substituents is 2. The predicted molar refractivity (Wildman–Crippen MR) is 80.4 cm³/mol. The number of hydrogen-bond acceptors (Lipinski definition) is 7. The number of amides is 1. The number of aryl methyl sites for hydroxylation is 1. The van der Waals surface area contributed by atoms with Crippen molar-refractivity contribution < 1.29 is 29.6 Å². The van der Waals surface area contributed by atoms with Crippen LogP contribution < -0.4 is 10.9 Å². The number of aliphatic hydroxyl groups excluding tert-OH is 2. The van der Waals surface area contributed by atoms with Gasteiger partial charge in [0.25, 0.3) is 0 Å². The summed E-state index contributed by atoms with van der Waals surface area (Å²) < 4.78 is 5.04. The van der Waals surface area contributed by atoms with Gasteiger partial charge in [0.1, 0.15) is 17.1 Å². The molecule has 1 aromatic carbocycles. The lowest BCUT2D eigenvalue weighted by molar-refractivity contribution is -0.121. The van der Waals surface area contributed by atoms with E-state index in [1.54, 1.807) is 6.92 Å². The summed E-state index contributed by atoms with van der Waals surface area (Å²) in [5, 5.41) is 39.8. The molecule has 1 heterocycles. The Balaban J connectivity index is 2.35. The summed E-state index contributed by atoms with van der Waals surface area (Å²) in [5.41, 5.74) is -0.302. The van der Waals surface area contributed by atoms with Crippen LogP contribution in [-0.4, -0.2) is 45.6 Å². The second-order valence-electron chi connectivity index (χ2n) is 5.15. The predicted octanol–water partition coefficient (Wildman–Crippen LogP) is -0.475. The van der Waals surface area contributed by atoms with Gasteiger partial charge in [-0.25, -0.2) is 4.79 Å². The molecule has 0 bridgehead atoms. The first-order valence-corrected chi connectivity index (χ1v) is 6.87. The van der Waals surface area contributed by atoms with Gasteiger partial charge < -0.3 is 30.2 Å². The van der Waals surface area contributed by atoms with E-state index in [4.69, 9.17) is 9.52 Å². The molecule has 0 fully saturated rings. The molecule has 0 aliphatic heterocycles. The van der Waals surface area contributed by atoms with Crippen molar-refractivity contribution in [3.63, 3.8) is 0 Å². The minimum atomic E-state index is -1.08. The van der Waals surface area contributed by atoms with Crippen LogP contribution in [0.25, 0.3) is 11.0 Å². The summed E-state index contributed by atoms with van der Waals surface area (Å²) >= 11 is 0. The van der Waals surface area contributed by atoms with Gasteiger partial charge in [0, 0.05) is 18.7 Å². The van der Waals surface area contributed by atoms with Gasteiger partial charge in [-0.05, 0) is 12.5 Å². The molecule has 0 saturated carbocycles. The monoisotopic (exact) mass is 323 g/mol. The lowest BCUT2D eigenvalue weighted by Gasteiger charge is -2.11. The van der Waals surface area contributed by atoms with Crippen molar-refractivity contribution in [3.05, 3.63) is 33.7 Å². The van der Waals surface area contributed by atoms with Gasteiger partial charge in [0.15, 0.2) is 0 Å². The quantitative estimate of drug-likeness (QED) is 0.468. The number of aliphatic hydroxyl groups is 2. The molecule has 5 N–H and O–H groups in total. The zero-order valence-corrected chi connectivity index (χ0v) is 12.4. The Morgan fingerprint density at radius 1 is 1.35 bits per heavy atom. The van der Waals surface area contributed by atoms with E-state index >= 15 is 0 Å². The topological polar surface area (TPSA) is 140 Å². The summed E-state index contributed by atoms with van der Waals surface area (Å²) in [7, 11) is 0. The molecule has 1 aromatic heterocycles. The smallest absolute Gasteiger partial charge is 0.340 e. The van der Waals surface area contributed by atoms with Gasteiger partial charge in [-0.2, -0.15) is 0 Å². The maximum atomic E-state index is 12.0. The number of rotatable bonds is 5. The summed E-state index contributed by atoms with van der Waals surface area (Å²) in [4.78, 5) is 23.8. The molecule has 8 nitrogen and oxygen atoms in total. The number of carbonyl (C=O) groups is 1. The molecular weight excluding hydrogens is 306 g/mol. The molecule has 0 radical (unpaired) electrons. The Labute approximate surface area is 130 Å². The average Bonchev–Trinajstić information content (AvgIpc) is 2.47. The van der Waals surface area contributed by atoms with Crippen LogP contribution in [-0.2, 0) is 11.2 Å². The fourth-order valence-electron chi connectivity index (χ4n) is 2.23. The van der Waals surface area contributed by atoms with Crippen LogP contribution in [0.2, 0.25) is 0 Å². The molecule has 0 spiro atoms. The molecule has 2 aromatic rings. The molecule has 2 rings (SSSR count). The average molecular weight is 323 g/mol. The Morgan fingerprint density at radius 2 is 2.04 bits per heavy atom. The van der Waals surface area contributed by atoms with E-state index in [1.165, 1.54) is 6.07 Å². The summed E-state index contributed by atoms with van der Waals surface area (Å²) in [5.74, 6) is -1.05. The maximum Gasteiger partial charge on any atom is 0.340 e. The van der Waals surface area contributed by atoms with Crippen LogP contribution in [0.3, 0.4) is 0 Å². The molecule has 0 saturated heterocycles. The number of aromatic hydroxyl groups is 2. The first-order chi connectivity index (χ1) is 10.8. The minimum absolute atomic E-state index is 0.0184. The van der Waals surface area contributed by atoms with Crippen molar-refractivity contribution >= 4 is 16.9 Å². The zero-order chi connectivity index (χ0) is 17.1. The Morgan fingerprint density at radius 3 is 2.70 bits per heavy atom. The lowest BCUT2D eigenvalue weighted by Crippen LogP contribution is -2.35. The van der Waals surface area contributed by atoms with E-state index in [0.29, 0.717) is 5.56 Å². The molecule has 124 valence electrons. The number of carbonyl (C=O) groups excluding carboxylic acids is 1. The molecule has 1 amide bonds. The van der Waals surface area contributed by atoms with Crippen LogP contribution in [0, 0.1) is 6.92 Å². The van der Waals surface area contributed by atoms with Crippen molar-refractivity contribution in [1.29, 1.82) is 0 Å². The Bertz CT molecular complexity index is 796. The largest absolute Gasteiger partial charge is 0.508 e. The molecule has 0 unspecified atom stereocenters. The Hall–Kier alpha value is -2.58. The van der Waals surface area contributed by atoms with E-state index in [-0.39, 0.29) is 41.0 Å². The standard InChI is InChI=1S/C15H17NO7/c1-7-10(4-13(21)16-5-9(19)6-17)15(22)23-12-3-8(18)2-11(20)14(7)12/h2-3,9,17-20H,4-6H2,1H3,(H,16,21)/t9-/m1/s1. The number of benzene rings is 1. The van der Waals surface area contributed by atoms with Crippen molar-refractivity contribution in [2.24, 2.45) is 0 Å². The van der Waals surface area contributed by atoms with Crippen LogP contribution >= 0.6 is 0 Å². The van der Waals surface area contributed by atoms with Crippen LogP contribution in [0.15, 0.2) is 21.3 Å². The summed E-state index contributed by atoms with van der Waals surface area (Å²) in [6.07, 6.45) is -1.39. The van der Waals surface area contributed by atoms with E-state index in [0.717, 1.165) is 6.07 Å². The van der Waals surface area contributed by atoms with E-state index in [2.05, 4.69) is 5.32 Å². The maximum absolute atomic E-state index is 12.0. The molecule has 1 atom stereocenters. The van der Waals surface area contributed by atoms with Gasteiger partial charge in [0.05, 0.1) is 30.1 Å². The minimum Gasteiger partial charge on any atom is -0.508 e. The van der Waals surface area contributed by atoms with E-state index in [1.807, 2.05) is 0 Å². The van der Waals surface area contributed by atoms with Crippen molar-refractivity contribution in [3.8, 4) is 11.5 Å². The highest BCUT2D eigenvalue weighted by Gasteiger charge is 2.18. The molecule has 0 aliphatic rings. The highest BCUT2D eigenvalue weighted by Crippen LogP contribution is 2.32. The van der Waals surface area contributed by atoms with Crippen molar-refractivity contribution in [2.45, 2.75) is 19.4 Å². The number of hydrogen-bond donors (Lipinski definition) is 5. The summed E-state index contributed by atoms with van der Waals surface area (Å²) in [6.45, 7) is 0.919. The first kappa shape index (κ1) is 16.8. The summed E-state index contributed by atoms with van der Waals surface area (Å²) in [6, 6.07) is 2.31. The van der Waals surface area contributed by atoms with Gasteiger partial charge in [-0.15, -0.1) is 0 Å². The van der Waals surface area contributed by atoms with Gasteiger partial charge >= 0.3 is 5.63 Å². The highest BCUT2D eigenvalue weighted by molar-refractivity contribution is 5.89. The molecule has 8 heteroatoms. The fraction of sp³-hybridized carbons (Fsp3) is 0.333. The number of fused-ring (bicyclic) bond motifs is 1. The zero-order valence-electron chi connectivity index (χ0n) is 12.4. The Kier molecular flexibility index (Phi) is 4.87. The number of phenols is 2. The van der Waals surface area contributed by atoms with E-state index in [9.17, 15) is 24.9 Å². The SMILES string of the molecule is Cc1c(CC(=O)NC[C@@H](O)CO)c(=O)oc2cc(O)cc(O)c12. The van der Waals surface area contributed by atoms with Crippen LogP contribution in [0.5, 0.6) is 11.5 Å². The molecule has 0 aliphatic carbocycles. The van der Waals surface area contributed by atoms with Crippen LogP contribution in [0.1, 0.15) is 11.1 Å². The normalized spacial score (nSPS) is 12.3. The van der Waals surface area contributed by atoms with Crippen LogP contribution in [0.4, 0.5) is 0 Å². The second kappa shape index (κ2) is 6.67. The highest BCUT2D eigenvalue weighted by atomic mass is 16.4. The third-order valence-electron chi connectivity index (χ3n) is 3.43. The fourth-order valence-corrected chi connectivity index (χ4v) is 2.23. The van der Waals surface area contributed by atoms with E-state index < -0.39 is 24.2 Å². The number of nitrogens with one attached hydrogen (secondary N) is 1. The lowest BCUT2D eigenvalue weighted by atomic mass is 10.0.